The van der Waals surface area contributed by atoms with Gasteiger partial charge in [0.2, 0.25) is 11.8 Å². The van der Waals surface area contributed by atoms with E-state index in [9.17, 15) is 9.59 Å². The minimum absolute atomic E-state index is 0.0204. The van der Waals surface area contributed by atoms with Crippen LogP contribution in [0.3, 0.4) is 0 Å². The highest BCUT2D eigenvalue weighted by atomic mass is 16.5. The molecule has 1 heterocycles. The molecule has 0 radical (unpaired) electrons. The molecule has 7 heteroatoms. The summed E-state index contributed by atoms with van der Waals surface area (Å²) < 4.78 is 12.3. The van der Waals surface area contributed by atoms with Crippen molar-refractivity contribution in [3.8, 4) is 0 Å². The van der Waals surface area contributed by atoms with Gasteiger partial charge in [-0.3, -0.25) is 9.59 Å². The average molecular weight is 396 g/mol. The van der Waals surface area contributed by atoms with Crippen molar-refractivity contribution >= 4 is 11.8 Å². The van der Waals surface area contributed by atoms with Gasteiger partial charge in [-0.05, 0) is 18.6 Å². The Labute approximate surface area is 169 Å². The first kappa shape index (κ1) is 24.2. The third-order valence-corrected chi connectivity index (χ3v) is 4.81. The molecule has 1 aromatic heterocycles. The summed E-state index contributed by atoms with van der Waals surface area (Å²) in [6, 6.07) is 3.95. The lowest BCUT2D eigenvalue weighted by molar-refractivity contribution is -0.141. The van der Waals surface area contributed by atoms with E-state index in [0.29, 0.717) is 39.3 Å². The number of methoxy groups -OCH3 is 2. The molecule has 2 amide bonds. The second-order valence-corrected chi connectivity index (χ2v) is 7.04. The molecule has 0 aliphatic rings. The Morgan fingerprint density at radius 2 is 1.68 bits per heavy atom. The molecule has 0 saturated carbocycles. The molecule has 0 aliphatic carbocycles. The number of hydrogen-bond acceptors (Lipinski definition) is 4. The number of aromatic nitrogens is 1. The van der Waals surface area contributed by atoms with Crippen LogP contribution in [0.1, 0.15) is 44.7 Å². The number of carbonyl (C=O) groups is 2. The van der Waals surface area contributed by atoms with E-state index in [4.69, 9.17) is 9.47 Å². The topological polar surface area (TPSA) is 64.0 Å². The van der Waals surface area contributed by atoms with E-state index >= 15 is 0 Å². The lowest BCUT2D eigenvalue weighted by atomic mass is 10.1. The summed E-state index contributed by atoms with van der Waals surface area (Å²) in [5, 5.41) is 0. The average Bonchev–Trinajstić information content (AvgIpc) is 3.09. The van der Waals surface area contributed by atoms with E-state index < -0.39 is 0 Å². The zero-order valence-electron chi connectivity index (χ0n) is 18.0. The van der Waals surface area contributed by atoms with Crippen molar-refractivity contribution in [3.63, 3.8) is 0 Å². The molecule has 160 valence electrons. The number of ether oxygens (including phenoxy) is 2. The molecule has 7 nitrogen and oxygen atoms in total. The molecule has 28 heavy (non-hydrogen) atoms. The quantitative estimate of drug-likeness (QED) is 0.428. The molecule has 1 aromatic rings. The van der Waals surface area contributed by atoms with E-state index in [0.717, 1.165) is 31.4 Å². The molecule has 0 fully saturated rings. The number of hydrogen-bond donors (Lipinski definition) is 0. The molecule has 0 unspecified atom stereocenters. The van der Waals surface area contributed by atoms with Gasteiger partial charge in [-0.2, -0.15) is 0 Å². The van der Waals surface area contributed by atoms with Gasteiger partial charge in [0.25, 0.3) is 0 Å². The third-order valence-electron chi connectivity index (χ3n) is 4.81. The minimum Gasteiger partial charge on any atom is -0.383 e. The summed E-state index contributed by atoms with van der Waals surface area (Å²) in [7, 11) is 5.18. The summed E-state index contributed by atoms with van der Waals surface area (Å²) in [6.07, 6.45) is 6.61. The summed E-state index contributed by atoms with van der Waals surface area (Å²) in [4.78, 5) is 29.0. The van der Waals surface area contributed by atoms with Crippen molar-refractivity contribution in [1.82, 2.24) is 14.4 Å². The van der Waals surface area contributed by atoms with Crippen molar-refractivity contribution in [3.05, 3.63) is 24.0 Å². The third kappa shape index (κ3) is 8.89. The molecule has 0 spiro atoms. The molecule has 0 saturated heterocycles. The number of nitrogens with zero attached hydrogens (tertiary/aromatic N) is 3. The monoisotopic (exact) mass is 395 g/mol. The van der Waals surface area contributed by atoms with Crippen LogP contribution in [0, 0.1) is 0 Å². The first-order valence-electron chi connectivity index (χ1n) is 10.2. The normalized spacial score (nSPS) is 10.9. The first-order chi connectivity index (χ1) is 13.5. The van der Waals surface area contributed by atoms with Crippen LogP contribution in [0.4, 0.5) is 0 Å². The summed E-state index contributed by atoms with van der Waals surface area (Å²) >= 11 is 0. The van der Waals surface area contributed by atoms with Gasteiger partial charge < -0.3 is 23.8 Å². The van der Waals surface area contributed by atoms with Gasteiger partial charge >= 0.3 is 0 Å². The smallest absolute Gasteiger partial charge is 0.242 e. The lowest BCUT2D eigenvalue weighted by Gasteiger charge is -2.28. The Morgan fingerprint density at radius 1 is 1.00 bits per heavy atom. The fraction of sp³-hybridized carbons (Fsp3) is 0.714. The number of unbranched alkanes of at least 4 members (excludes halogenated alkanes) is 3. The van der Waals surface area contributed by atoms with Crippen LogP contribution in [-0.4, -0.2) is 73.2 Å². The molecule has 0 aliphatic heterocycles. The lowest BCUT2D eigenvalue weighted by Crippen LogP contribution is -2.45. The van der Waals surface area contributed by atoms with E-state index in [1.54, 1.807) is 24.0 Å². The van der Waals surface area contributed by atoms with Gasteiger partial charge in [0.05, 0.1) is 26.3 Å². The molecular weight excluding hydrogens is 358 g/mol. The fourth-order valence-electron chi connectivity index (χ4n) is 2.97. The molecule has 0 aromatic carbocycles. The van der Waals surface area contributed by atoms with Crippen molar-refractivity contribution < 1.29 is 19.1 Å². The number of amides is 2. The van der Waals surface area contributed by atoms with Crippen molar-refractivity contribution in [2.24, 2.45) is 7.05 Å². The van der Waals surface area contributed by atoms with Gasteiger partial charge in [-0.25, -0.2) is 0 Å². The molecule has 0 atom stereocenters. The van der Waals surface area contributed by atoms with Crippen LogP contribution in [0.5, 0.6) is 0 Å². The van der Waals surface area contributed by atoms with E-state index in [1.165, 1.54) is 0 Å². The summed E-state index contributed by atoms with van der Waals surface area (Å²) in [5.74, 6) is -0.0525. The van der Waals surface area contributed by atoms with Crippen LogP contribution in [0.15, 0.2) is 18.3 Å². The van der Waals surface area contributed by atoms with Gasteiger partial charge in [0.1, 0.15) is 0 Å². The molecule has 0 N–H and O–H groups in total. The Balaban J connectivity index is 2.73. The predicted molar refractivity (Wildman–Crippen MR) is 110 cm³/mol. The number of rotatable bonds is 15. The maximum Gasteiger partial charge on any atom is 0.242 e. The van der Waals surface area contributed by atoms with Crippen molar-refractivity contribution in [2.45, 2.75) is 45.6 Å². The SMILES string of the molecule is CCCCCCC(=O)N(CCOC)CC(=O)N(CCOC)Cc1cccn1C. The Morgan fingerprint density at radius 3 is 2.25 bits per heavy atom. The molecule has 1 rings (SSSR count). The second-order valence-electron chi connectivity index (χ2n) is 7.04. The maximum atomic E-state index is 13.0. The van der Waals surface area contributed by atoms with Gasteiger partial charge in [0.15, 0.2) is 0 Å². The largest absolute Gasteiger partial charge is 0.383 e. The van der Waals surface area contributed by atoms with Crippen molar-refractivity contribution in [1.29, 1.82) is 0 Å². The Bertz CT molecular complexity index is 574. The summed E-state index contributed by atoms with van der Waals surface area (Å²) in [6.45, 7) is 4.51. The van der Waals surface area contributed by atoms with Crippen LogP contribution in [0.25, 0.3) is 0 Å². The minimum atomic E-state index is -0.0729. The highest BCUT2D eigenvalue weighted by Crippen LogP contribution is 2.09. The van der Waals surface area contributed by atoms with E-state index in [2.05, 4.69) is 6.92 Å². The zero-order chi connectivity index (χ0) is 20.8. The Hall–Kier alpha value is -1.86. The van der Waals surface area contributed by atoms with Gasteiger partial charge in [0, 0.05) is 52.7 Å². The van der Waals surface area contributed by atoms with Crippen LogP contribution in [-0.2, 0) is 32.7 Å². The number of carbonyl (C=O) groups excluding carboxylic acids is 2. The molecular formula is C21H37N3O4. The van der Waals surface area contributed by atoms with Crippen molar-refractivity contribution in [2.75, 3.05) is 47.1 Å². The second kappa shape index (κ2) is 14.2. The van der Waals surface area contributed by atoms with E-state index in [1.807, 2.05) is 29.9 Å². The predicted octanol–water partition coefficient (Wildman–Crippen LogP) is 2.45. The maximum absolute atomic E-state index is 13.0. The highest BCUT2D eigenvalue weighted by Gasteiger charge is 2.21. The highest BCUT2D eigenvalue weighted by molar-refractivity contribution is 5.84. The zero-order valence-corrected chi connectivity index (χ0v) is 18.0. The first-order valence-corrected chi connectivity index (χ1v) is 10.2. The standard InChI is InChI=1S/C21H37N3O4/c1-5-6-7-8-11-20(25)24(14-16-28-4)18-21(26)23(13-15-27-3)17-19-10-9-12-22(19)2/h9-10,12H,5-8,11,13-18H2,1-4H3. The van der Waals surface area contributed by atoms with Crippen LogP contribution >= 0.6 is 0 Å². The van der Waals surface area contributed by atoms with Crippen LogP contribution < -0.4 is 0 Å². The van der Waals surface area contributed by atoms with Gasteiger partial charge in [-0.15, -0.1) is 0 Å². The summed E-state index contributed by atoms with van der Waals surface area (Å²) in [5.41, 5.74) is 1.04. The van der Waals surface area contributed by atoms with Crippen LogP contribution in [0.2, 0.25) is 0 Å². The fourth-order valence-corrected chi connectivity index (χ4v) is 2.97. The van der Waals surface area contributed by atoms with E-state index in [-0.39, 0.29) is 18.4 Å². The number of aryl methyl sites for hydroxylation is 1. The van der Waals surface area contributed by atoms with Gasteiger partial charge in [-0.1, -0.05) is 26.2 Å². The Kier molecular flexibility index (Phi) is 12.2. The molecule has 0 bridgehead atoms.